The minimum atomic E-state index is -0.507. The van der Waals surface area contributed by atoms with Crippen LogP contribution in [0, 0.1) is 0 Å². The van der Waals surface area contributed by atoms with Crippen LogP contribution in [0.25, 0.3) is 0 Å². The molecule has 4 rings (SSSR count). The van der Waals surface area contributed by atoms with E-state index in [0.717, 1.165) is 13.0 Å². The molecule has 0 saturated carbocycles. The predicted molar refractivity (Wildman–Crippen MR) is 109 cm³/mol. The van der Waals surface area contributed by atoms with Crippen LogP contribution in [0.15, 0.2) is 59.3 Å². The highest BCUT2D eigenvalue weighted by Gasteiger charge is 2.31. The van der Waals surface area contributed by atoms with Crippen LogP contribution >= 0.6 is 22.7 Å². The molecule has 0 spiro atoms. The molecule has 0 fully saturated rings. The highest BCUT2D eigenvalue weighted by atomic mass is 32.1. The summed E-state index contributed by atoms with van der Waals surface area (Å²) in [5, 5.41) is 9.28. The Hall–Kier alpha value is -2.48. The van der Waals surface area contributed by atoms with E-state index in [1.807, 2.05) is 24.3 Å². The smallest absolute Gasteiger partial charge is 0.308 e. The quantitative estimate of drug-likeness (QED) is 0.697. The number of carbonyl (C=O) groups excluding carboxylic acids is 2. The van der Waals surface area contributed by atoms with E-state index in [1.165, 1.54) is 15.3 Å². The van der Waals surface area contributed by atoms with Gasteiger partial charge in [-0.25, -0.2) is 4.79 Å². The van der Waals surface area contributed by atoms with Crippen LogP contribution in [0.2, 0.25) is 0 Å². The first kappa shape index (κ1) is 17.9. The molecule has 2 aromatic heterocycles. The summed E-state index contributed by atoms with van der Waals surface area (Å²) in [6.45, 7) is 0.976. The number of amides is 3. The van der Waals surface area contributed by atoms with Crippen LogP contribution in [0.4, 0.5) is 10.5 Å². The molecule has 5 nitrogen and oxygen atoms in total. The highest BCUT2D eigenvalue weighted by Crippen LogP contribution is 2.39. The normalized spacial score (nSPS) is 16.5. The first-order chi connectivity index (χ1) is 13.2. The third kappa shape index (κ3) is 4.10. The van der Waals surface area contributed by atoms with E-state index in [-0.39, 0.29) is 18.5 Å². The summed E-state index contributed by atoms with van der Waals surface area (Å²) in [5.41, 5.74) is 1.93. The van der Waals surface area contributed by atoms with Crippen LogP contribution in [0.3, 0.4) is 0 Å². The van der Waals surface area contributed by atoms with Gasteiger partial charge in [0.25, 0.3) is 0 Å². The molecule has 1 aliphatic heterocycles. The Morgan fingerprint density at radius 1 is 1.04 bits per heavy atom. The fourth-order valence-corrected chi connectivity index (χ4v) is 5.13. The van der Waals surface area contributed by atoms with Crippen LogP contribution in [-0.2, 0) is 11.2 Å². The highest BCUT2D eigenvalue weighted by molar-refractivity contribution is 7.10. The van der Waals surface area contributed by atoms with Crippen molar-refractivity contribution >= 4 is 40.3 Å². The summed E-state index contributed by atoms with van der Waals surface area (Å²) in [4.78, 5) is 29.3. The van der Waals surface area contributed by atoms with Gasteiger partial charge in [0, 0.05) is 22.0 Å². The number of benzene rings is 1. The minimum absolute atomic E-state index is 0.0722. The van der Waals surface area contributed by atoms with Crippen molar-refractivity contribution in [3.63, 3.8) is 0 Å². The number of carbonyl (C=O) groups is 2. The average Bonchev–Trinajstić information content (AvgIpc) is 3.34. The van der Waals surface area contributed by atoms with Gasteiger partial charge < -0.3 is 5.32 Å². The summed E-state index contributed by atoms with van der Waals surface area (Å²) in [6.07, 6.45) is 0.929. The number of para-hydroxylation sites is 1. The molecule has 7 heteroatoms. The molecule has 3 aromatic rings. The first-order valence-electron chi connectivity index (χ1n) is 8.70. The van der Waals surface area contributed by atoms with Crippen molar-refractivity contribution in [3.05, 3.63) is 74.6 Å². The Labute approximate surface area is 165 Å². The number of urea groups is 1. The molecule has 0 aliphatic carbocycles. The fourth-order valence-electron chi connectivity index (χ4n) is 3.35. The van der Waals surface area contributed by atoms with Gasteiger partial charge in [0.2, 0.25) is 5.91 Å². The SMILES string of the molecule is O=C(CN1CCc2sccc2[C@H]1c1cccs1)NC(=O)Nc1ccccc1. The number of nitrogens with one attached hydrogen (secondary N) is 2. The van der Waals surface area contributed by atoms with Crippen LogP contribution in [0.5, 0.6) is 0 Å². The largest absolute Gasteiger partial charge is 0.325 e. The molecule has 138 valence electrons. The number of imide groups is 1. The Morgan fingerprint density at radius 2 is 1.89 bits per heavy atom. The van der Waals surface area contributed by atoms with Gasteiger partial charge in [-0.15, -0.1) is 22.7 Å². The number of rotatable bonds is 4. The Morgan fingerprint density at radius 3 is 2.67 bits per heavy atom. The monoisotopic (exact) mass is 397 g/mol. The lowest BCUT2D eigenvalue weighted by Crippen LogP contribution is -2.45. The minimum Gasteiger partial charge on any atom is -0.308 e. The maximum Gasteiger partial charge on any atom is 0.325 e. The molecule has 3 heterocycles. The lowest BCUT2D eigenvalue weighted by atomic mass is 9.98. The number of thiophene rings is 2. The molecule has 1 aromatic carbocycles. The van der Waals surface area contributed by atoms with E-state index in [2.05, 4.69) is 38.4 Å². The molecular formula is C20H19N3O2S2. The Kier molecular flexibility index (Phi) is 5.33. The molecule has 0 saturated heterocycles. The zero-order chi connectivity index (χ0) is 18.6. The van der Waals surface area contributed by atoms with E-state index in [4.69, 9.17) is 0 Å². The second-order valence-corrected chi connectivity index (χ2v) is 8.29. The van der Waals surface area contributed by atoms with Gasteiger partial charge in [0.15, 0.2) is 0 Å². The van der Waals surface area contributed by atoms with Crippen LogP contribution in [0.1, 0.15) is 21.4 Å². The zero-order valence-corrected chi connectivity index (χ0v) is 16.2. The van der Waals surface area contributed by atoms with E-state index < -0.39 is 6.03 Å². The summed E-state index contributed by atoms with van der Waals surface area (Å²) < 4.78 is 0. The van der Waals surface area contributed by atoms with E-state index >= 15 is 0 Å². The van der Waals surface area contributed by atoms with E-state index in [9.17, 15) is 9.59 Å². The zero-order valence-electron chi connectivity index (χ0n) is 14.6. The van der Waals surface area contributed by atoms with Crippen molar-refractivity contribution < 1.29 is 9.59 Å². The van der Waals surface area contributed by atoms with Crippen molar-refractivity contribution in [2.45, 2.75) is 12.5 Å². The molecule has 0 bridgehead atoms. The fraction of sp³-hybridized carbons (Fsp3) is 0.200. The Balaban J connectivity index is 1.43. The van der Waals surface area contributed by atoms with Gasteiger partial charge in [-0.05, 0) is 47.0 Å². The maximum atomic E-state index is 12.5. The molecule has 2 N–H and O–H groups in total. The van der Waals surface area contributed by atoms with Crippen LogP contribution < -0.4 is 10.6 Å². The lowest BCUT2D eigenvalue weighted by Gasteiger charge is -2.34. The standard InChI is InChI=1S/C20H19N3O2S2/c24-18(22-20(25)21-14-5-2-1-3-6-14)13-23-10-8-16-15(9-12-27-16)19(23)17-7-4-11-26-17/h1-7,9,11-12,19H,8,10,13H2,(H2,21,22,24,25)/t19-/m0/s1. The average molecular weight is 398 g/mol. The maximum absolute atomic E-state index is 12.5. The second kappa shape index (κ2) is 8.04. The molecular weight excluding hydrogens is 378 g/mol. The third-order valence-electron chi connectivity index (χ3n) is 4.51. The summed E-state index contributed by atoms with van der Waals surface area (Å²) in [5.74, 6) is -0.302. The van der Waals surface area contributed by atoms with Crippen molar-refractivity contribution in [1.29, 1.82) is 0 Å². The van der Waals surface area contributed by atoms with Gasteiger partial charge in [0.1, 0.15) is 0 Å². The van der Waals surface area contributed by atoms with Gasteiger partial charge in [-0.1, -0.05) is 24.3 Å². The summed E-state index contributed by atoms with van der Waals surface area (Å²) >= 11 is 3.47. The van der Waals surface area contributed by atoms with Crippen molar-refractivity contribution in [1.82, 2.24) is 10.2 Å². The topological polar surface area (TPSA) is 61.4 Å². The Bertz CT molecular complexity index is 922. The van der Waals surface area contributed by atoms with Crippen molar-refractivity contribution in [2.24, 2.45) is 0 Å². The van der Waals surface area contributed by atoms with Gasteiger partial charge in [-0.2, -0.15) is 0 Å². The van der Waals surface area contributed by atoms with Gasteiger partial charge in [0.05, 0.1) is 12.6 Å². The molecule has 0 unspecified atom stereocenters. The molecule has 0 radical (unpaired) electrons. The van der Waals surface area contributed by atoms with Gasteiger partial charge >= 0.3 is 6.03 Å². The molecule has 3 amide bonds. The number of fused-ring (bicyclic) bond motifs is 1. The number of hydrogen-bond acceptors (Lipinski definition) is 5. The van der Waals surface area contributed by atoms with E-state index in [1.54, 1.807) is 34.8 Å². The molecule has 1 atom stereocenters. The van der Waals surface area contributed by atoms with Crippen molar-refractivity contribution in [2.75, 3.05) is 18.4 Å². The van der Waals surface area contributed by atoms with Gasteiger partial charge in [-0.3, -0.25) is 15.0 Å². The van der Waals surface area contributed by atoms with Crippen molar-refractivity contribution in [3.8, 4) is 0 Å². The lowest BCUT2D eigenvalue weighted by molar-refractivity contribution is -0.121. The molecule has 27 heavy (non-hydrogen) atoms. The van der Waals surface area contributed by atoms with Crippen LogP contribution in [-0.4, -0.2) is 29.9 Å². The summed E-state index contributed by atoms with van der Waals surface area (Å²) in [6, 6.07) is 14.9. The summed E-state index contributed by atoms with van der Waals surface area (Å²) in [7, 11) is 0. The number of hydrogen-bond donors (Lipinski definition) is 2. The number of nitrogens with zero attached hydrogens (tertiary/aromatic N) is 1. The predicted octanol–water partition coefficient (Wildman–Crippen LogP) is 4.11. The first-order valence-corrected chi connectivity index (χ1v) is 10.5. The molecule has 1 aliphatic rings. The second-order valence-electron chi connectivity index (χ2n) is 6.31. The third-order valence-corrected chi connectivity index (χ3v) is 6.43. The van der Waals surface area contributed by atoms with E-state index in [0.29, 0.717) is 5.69 Å². The number of anilines is 1.